The summed E-state index contributed by atoms with van der Waals surface area (Å²) in [6.07, 6.45) is 0. The fourth-order valence-corrected chi connectivity index (χ4v) is 3.35. The Morgan fingerprint density at radius 1 is 1.33 bits per heavy atom. The van der Waals surface area contributed by atoms with E-state index < -0.39 is 0 Å². The van der Waals surface area contributed by atoms with Crippen molar-refractivity contribution < 1.29 is 4.79 Å². The van der Waals surface area contributed by atoms with Crippen molar-refractivity contribution in [2.75, 3.05) is 32.9 Å². The molecule has 0 atom stereocenters. The number of amides is 1. The normalized spacial score (nSPS) is 11.8. The van der Waals surface area contributed by atoms with E-state index in [1.54, 1.807) is 18.2 Å². The predicted octanol–water partition coefficient (Wildman–Crippen LogP) is 3.79. The van der Waals surface area contributed by atoms with Crippen LogP contribution in [0.3, 0.4) is 0 Å². The summed E-state index contributed by atoms with van der Waals surface area (Å²) in [5, 5.41) is 4.21. The van der Waals surface area contributed by atoms with Gasteiger partial charge in [0, 0.05) is 23.0 Å². The molecule has 0 saturated heterocycles. The van der Waals surface area contributed by atoms with Crippen LogP contribution in [-0.4, -0.2) is 43.7 Å². The Morgan fingerprint density at radius 3 is 2.62 bits per heavy atom. The lowest BCUT2D eigenvalue weighted by Gasteiger charge is -2.28. The average molecular weight is 349 g/mol. The smallest absolute Gasteiger partial charge is 0.230 e. The summed E-state index contributed by atoms with van der Waals surface area (Å²) in [5.41, 5.74) is 0.0392. The van der Waals surface area contributed by atoms with Gasteiger partial charge in [-0.1, -0.05) is 37.0 Å². The van der Waals surface area contributed by atoms with E-state index >= 15 is 0 Å². The number of thioether (sulfide) groups is 1. The zero-order chi connectivity index (χ0) is 16.0. The van der Waals surface area contributed by atoms with E-state index in [-0.39, 0.29) is 11.3 Å². The number of nitrogens with one attached hydrogen (secondary N) is 1. The molecule has 1 rings (SSSR count). The molecule has 0 aliphatic heterocycles. The van der Waals surface area contributed by atoms with Gasteiger partial charge in [0.2, 0.25) is 5.91 Å². The second kappa shape index (κ2) is 8.28. The molecule has 1 N–H and O–H groups in total. The highest BCUT2D eigenvalue weighted by atomic mass is 35.5. The zero-order valence-electron chi connectivity index (χ0n) is 12.9. The van der Waals surface area contributed by atoms with E-state index in [0.717, 1.165) is 11.4 Å². The molecule has 0 bridgehead atoms. The second-order valence-electron chi connectivity index (χ2n) is 6.04. The van der Waals surface area contributed by atoms with Gasteiger partial charge in [0.1, 0.15) is 0 Å². The van der Waals surface area contributed by atoms with Crippen molar-refractivity contribution in [1.29, 1.82) is 0 Å². The highest BCUT2D eigenvalue weighted by Crippen LogP contribution is 2.29. The number of nitrogens with zero attached hydrogens (tertiary/aromatic N) is 1. The van der Waals surface area contributed by atoms with Gasteiger partial charge in [-0.15, -0.1) is 11.8 Å². The van der Waals surface area contributed by atoms with Crippen LogP contribution in [-0.2, 0) is 4.79 Å². The third-order valence-corrected chi connectivity index (χ3v) is 4.49. The van der Waals surface area contributed by atoms with Gasteiger partial charge in [-0.2, -0.15) is 0 Å². The zero-order valence-corrected chi connectivity index (χ0v) is 15.2. The maximum Gasteiger partial charge on any atom is 0.230 e. The molecule has 0 aromatic heterocycles. The van der Waals surface area contributed by atoms with Crippen molar-refractivity contribution in [1.82, 2.24) is 10.2 Å². The summed E-state index contributed by atoms with van der Waals surface area (Å²) in [4.78, 5) is 14.9. The number of halogens is 2. The van der Waals surface area contributed by atoms with Gasteiger partial charge in [0.15, 0.2) is 0 Å². The molecule has 0 unspecified atom stereocenters. The Kier molecular flexibility index (Phi) is 7.34. The Morgan fingerprint density at radius 2 is 2.00 bits per heavy atom. The minimum Gasteiger partial charge on any atom is -0.355 e. The summed E-state index contributed by atoms with van der Waals surface area (Å²) >= 11 is 13.4. The van der Waals surface area contributed by atoms with Crippen LogP contribution in [0.2, 0.25) is 10.0 Å². The molecule has 1 aromatic rings. The first kappa shape index (κ1) is 18.6. The topological polar surface area (TPSA) is 32.3 Å². The van der Waals surface area contributed by atoms with Crippen LogP contribution in [0, 0.1) is 5.41 Å². The molecule has 6 heteroatoms. The van der Waals surface area contributed by atoms with Gasteiger partial charge in [-0.3, -0.25) is 4.79 Å². The van der Waals surface area contributed by atoms with Crippen LogP contribution in [0.15, 0.2) is 23.1 Å². The molecular weight excluding hydrogens is 327 g/mol. The molecule has 0 aliphatic carbocycles. The fraction of sp³-hybridized carbons (Fsp3) is 0.533. The summed E-state index contributed by atoms with van der Waals surface area (Å²) in [5.74, 6) is 0.334. The Balaban J connectivity index is 2.42. The van der Waals surface area contributed by atoms with Crippen molar-refractivity contribution in [3.05, 3.63) is 28.2 Å². The van der Waals surface area contributed by atoms with Gasteiger partial charge in [-0.25, -0.2) is 0 Å². The molecule has 3 nitrogen and oxygen atoms in total. The third kappa shape index (κ3) is 7.41. The maximum atomic E-state index is 11.9. The van der Waals surface area contributed by atoms with Crippen molar-refractivity contribution in [2.45, 2.75) is 18.7 Å². The van der Waals surface area contributed by atoms with Crippen molar-refractivity contribution in [2.24, 2.45) is 5.41 Å². The number of hydrogen-bond donors (Lipinski definition) is 1. The maximum absolute atomic E-state index is 11.9. The van der Waals surface area contributed by atoms with E-state index in [1.165, 1.54) is 11.8 Å². The quantitative estimate of drug-likeness (QED) is 0.760. The number of rotatable bonds is 7. The van der Waals surface area contributed by atoms with E-state index in [9.17, 15) is 4.79 Å². The van der Waals surface area contributed by atoms with Gasteiger partial charge in [0.05, 0.1) is 10.8 Å². The first-order chi connectivity index (χ1) is 9.69. The van der Waals surface area contributed by atoms with Gasteiger partial charge in [-0.05, 0) is 37.7 Å². The summed E-state index contributed by atoms with van der Waals surface area (Å²) < 4.78 is 0. The van der Waals surface area contributed by atoms with E-state index in [1.807, 2.05) is 14.1 Å². The number of benzene rings is 1. The monoisotopic (exact) mass is 348 g/mol. The van der Waals surface area contributed by atoms with E-state index in [0.29, 0.717) is 22.3 Å². The van der Waals surface area contributed by atoms with Crippen molar-refractivity contribution >= 4 is 40.9 Å². The lowest BCUT2D eigenvalue weighted by molar-refractivity contribution is -0.119. The number of carbonyl (C=O) groups excluding carboxylic acids is 1. The lowest BCUT2D eigenvalue weighted by atomic mass is 9.93. The van der Waals surface area contributed by atoms with Crippen LogP contribution in [0.4, 0.5) is 0 Å². The molecule has 0 aliphatic rings. The first-order valence-corrected chi connectivity index (χ1v) is 8.43. The van der Waals surface area contributed by atoms with Crippen LogP contribution < -0.4 is 5.32 Å². The molecule has 0 spiro atoms. The minimum atomic E-state index is 0.00266. The highest BCUT2D eigenvalue weighted by molar-refractivity contribution is 8.00. The Bertz CT molecular complexity index is 493. The molecule has 1 aromatic carbocycles. The number of hydrogen-bond acceptors (Lipinski definition) is 3. The predicted molar refractivity (Wildman–Crippen MR) is 92.5 cm³/mol. The molecule has 118 valence electrons. The van der Waals surface area contributed by atoms with Crippen molar-refractivity contribution in [3.8, 4) is 0 Å². The third-order valence-electron chi connectivity index (χ3n) is 2.76. The number of carbonyl (C=O) groups is 1. The lowest BCUT2D eigenvalue weighted by Crippen LogP contribution is -2.40. The summed E-state index contributed by atoms with van der Waals surface area (Å²) in [7, 11) is 4.06. The van der Waals surface area contributed by atoms with E-state index in [4.69, 9.17) is 23.2 Å². The van der Waals surface area contributed by atoms with E-state index in [2.05, 4.69) is 24.1 Å². The largest absolute Gasteiger partial charge is 0.355 e. The average Bonchev–Trinajstić information content (AvgIpc) is 2.36. The van der Waals surface area contributed by atoms with Gasteiger partial charge < -0.3 is 10.2 Å². The summed E-state index contributed by atoms with van der Waals surface area (Å²) in [6.45, 7) is 5.83. The standard InChI is InChI=1S/C15H22Cl2N2OS/c1-15(2,10-19(3)4)9-18-14(20)8-21-13-7-11(16)5-6-12(13)17/h5-7H,8-10H2,1-4H3,(H,18,20). The summed E-state index contributed by atoms with van der Waals surface area (Å²) in [6, 6.07) is 5.25. The molecule has 0 heterocycles. The molecule has 0 saturated carbocycles. The SMILES string of the molecule is CN(C)CC(C)(C)CNC(=O)CSc1cc(Cl)ccc1Cl. The van der Waals surface area contributed by atoms with Crippen LogP contribution >= 0.6 is 35.0 Å². The minimum absolute atomic E-state index is 0.00266. The fourth-order valence-electron chi connectivity index (χ4n) is 2.03. The van der Waals surface area contributed by atoms with Crippen LogP contribution in [0.5, 0.6) is 0 Å². The second-order valence-corrected chi connectivity index (χ2v) is 7.90. The molecular formula is C15H22Cl2N2OS. The Hall–Kier alpha value is -0.420. The highest BCUT2D eigenvalue weighted by Gasteiger charge is 2.19. The van der Waals surface area contributed by atoms with Gasteiger partial charge in [0.25, 0.3) is 0 Å². The van der Waals surface area contributed by atoms with Gasteiger partial charge >= 0.3 is 0 Å². The first-order valence-electron chi connectivity index (χ1n) is 6.69. The van der Waals surface area contributed by atoms with Crippen molar-refractivity contribution in [3.63, 3.8) is 0 Å². The Labute approximate surface area is 141 Å². The molecule has 0 fully saturated rings. The van der Waals surface area contributed by atoms with Crippen LogP contribution in [0.1, 0.15) is 13.8 Å². The molecule has 1 amide bonds. The van der Waals surface area contributed by atoms with Crippen LogP contribution in [0.25, 0.3) is 0 Å². The molecule has 21 heavy (non-hydrogen) atoms. The molecule has 0 radical (unpaired) electrons.